The molecule has 0 fully saturated rings. The molecule has 1 aromatic heterocycles. The van der Waals surface area contributed by atoms with E-state index < -0.39 is 0 Å². The van der Waals surface area contributed by atoms with Crippen LogP contribution in [0, 0.1) is 0 Å². The largest absolute Gasteiger partial charge is 0.294 e. The van der Waals surface area contributed by atoms with Crippen LogP contribution in [0.5, 0.6) is 0 Å². The van der Waals surface area contributed by atoms with Crippen molar-refractivity contribution in [2.24, 2.45) is 0 Å². The van der Waals surface area contributed by atoms with Gasteiger partial charge in [-0.2, -0.15) is 0 Å². The summed E-state index contributed by atoms with van der Waals surface area (Å²) in [7, 11) is 0. The van der Waals surface area contributed by atoms with Crippen molar-refractivity contribution in [1.82, 2.24) is 4.98 Å². The van der Waals surface area contributed by atoms with Gasteiger partial charge in [-0.25, -0.2) is 0 Å². The lowest BCUT2D eigenvalue weighted by molar-refractivity contribution is -0.114. The van der Waals surface area contributed by atoms with Crippen molar-refractivity contribution in [2.45, 2.75) is 19.8 Å². The highest BCUT2D eigenvalue weighted by atomic mass is 35.5. The number of halogens is 1. The van der Waals surface area contributed by atoms with Crippen LogP contribution in [-0.4, -0.2) is 10.8 Å². The quantitative estimate of drug-likeness (QED) is 0.714. The summed E-state index contributed by atoms with van der Waals surface area (Å²) in [5, 5.41) is 0.547. The number of carbonyl (C=O) groups excluding carboxylic acids is 1. The molecule has 0 aliphatic heterocycles. The minimum absolute atomic E-state index is 0.0694. The van der Waals surface area contributed by atoms with Crippen molar-refractivity contribution in [3.63, 3.8) is 0 Å². The first-order chi connectivity index (χ1) is 6.74. The highest BCUT2D eigenvalue weighted by Gasteiger charge is 2.03. The molecule has 0 amide bonds. The summed E-state index contributed by atoms with van der Waals surface area (Å²) < 4.78 is 0. The monoisotopic (exact) mass is 209 g/mol. The first-order valence-electron chi connectivity index (χ1n) is 4.51. The number of carbonyl (C=O) groups is 1. The van der Waals surface area contributed by atoms with E-state index in [0.717, 1.165) is 12.0 Å². The van der Waals surface area contributed by atoms with Crippen LogP contribution in [0.2, 0.25) is 5.02 Å². The minimum atomic E-state index is 0.0694. The third-order valence-electron chi connectivity index (χ3n) is 1.76. The van der Waals surface area contributed by atoms with Gasteiger partial charge in [0.15, 0.2) is 5.78 Å². The molecule has 0 aliphatic carbocycles. The van der Waals surface area contributed by atoms with Crippen molar-refractivity contribution >= 4 is 17.4 Å². The Morgan fingerprint density at radius 3 is 3.07 bits per heavy atom. The van der Waals surface area contributed by atoms with Crippen LogP contribution in [-0.2, 0) is 11.2 Å². The van der Waals surface area contributed by atoms with Gasteiger partial charge in [0.05, 0.1) is 5.02 Å². The Morgan fingerprint density at radius 2 is 2.43 bits per heavy atom. The summed E-state index contributed by atoms with van der Waals surface area (Å²) in [6.45, 7) is 1.99. The van der Waals surface area contributed by atoms with Crippen LogP contribution in [0.3, 0.4) is 0 Å². The van der Waals surface area contributed by atoms with E-state index in [2.05, 4.69) is 4.98 Å². The molecule has 0 aromatic carbocycles. The number of pyridine rings is 1. The molecule has 2 nitrogen and oxygen atoms in total. The molecule has 74 valence electrons. The smallest absolute Gasteiger partial charge is 0.159 e. The fourth-order valence-corrected chi connectivity index (χ4v) is 1.23. The number of nitrogens with zero attached hydrogens (tertiary/aromatic N) is 1. The highest BCUT2D eigenvalue weighted by Crippen LogP contribution is 2.14. The molecule has 0 N–H and O–H groups in total. The number of ketones is 1. The number of hydrogen-bond donors (Lipinski definition) is 0. The summed E-state index contributed by atoms with van der Waals surface area (Å²) in [5.74, 6) is 0.0694. The van der Waals surface area contributed by atoms with Gasteiger partial charge in [-0.1, -0.05) is 24.6 Å². The maximum absolute atomic E-state index is 11.4. The number of aromatic nitrogens is 1. The number of hydrogen-bond acceptors (Lipinski definition) is 2. The molecule has 1 aromatic rings. The molecule has 0 atom stereocenters. The molecule has 0 saturated heterocycles. The normalized spacial score (nSPS) is 10.7. The summed E-state index contributed by atoms with van der Waals surface area (Å²) in [5.41, 5.74) is 0.826. The Kier molecular flexibility index (Phi) is 4.33. The van der Waals surface area contributed by atoms with Crippen molar-refractivity contribution in [2.75, 3.05) is 0 Å². The third-order valence-corrected chi connectivity index (χ3v) is 2.10. The maximum Gasteiger partial charge on any atom is 0.159 e. The van der Waals surface area contributed by atoms with Crippen molar-refractivity contribution < 1.29 is 4.79 Å². The topological polar surface area (TPSA) is 30.0 Å². The summed E-state index contributed by atoms with van der Waals surface area (Å²) in [6, 6.07) is 1.76. The van der Waals surface area contributed by atoms with Crippen molar-refractivity contribution in [3.05, 3.63) is 41.2 Å². The molecule has 1 rings (SSSR count). The standard InChI is InChI=1S/C11H12ClNO/c1-2-3-4-10(14)7-9-5-6-13-8-11(9)12/h3-6,8H,2,7H2,1H3/b4-3+. The lowest BCUT2D eigenvalue weighted by Gasteiger charge is -1.99. The summed E-state index contributed by atoms with van der Waals surface area (Å²) >= 11 is 5.86. The zero-order valence-electron chi connectivity index (χ0n) is 8.03. The summed E-state index contributed by atoms with van der Waals surface area (Å²) in [6.07, 6.45) is 7.84. The Labute approximate surface area is 88.6 Å². The molecule has 0 radical (unpaired) electrons. The first-order valence-corrected chi connectivity index (χ1v) is 4.89. The number of allylic oxidation sites excluding steroid dienone is 2. The van der Waals surface area contributed by atoms with E-state index >= 15 is 0 Å². The van der Waals surface area contributed by atoms with E-state index in [1.54, 1.807) is 24.5 Å². The van der Waals surface area contributed by atoms with Gasteiger partial charge in [0, 0.05) is 18.8 Å². The molecule has 0 spiro atoms. The van der Waals surface area contributed by atoms with Gasteiger partial charge in [-0.15, -0.1) is 0 Å². The van der Waals surface area contributed by atoms with E-state index in [-0.39, 0.29) is 5.78 Å². The van der Waals surface area contributed by atoms with Crippen molar-refractivity contribution in [1.29, 1.82) is 0 Å². The predicted octanol–water partition coefficient (Wildman–Crippen LogP) is 2.81. The minimum Gasteiger partial charge on any atom is -0.294 e. The van der Waals surface area contributed by atoms with Gasteiger partial charge in [0.1, 0.15) is 0 Å². The van der Waals surface area contributed by atoms with Crippen LogP contribution in [0.1, 0.15) is 18.9 Å². The van der Waals surface area contributed by atoms with Gasteiger partial charge in [-0.3, -0.25) is 9.78 Å². The zero-order chi connectivity index (χ0) is 10.4. The Balaban J connectivity index is 2.65. The van der Waals surface area contributed by atoms with Crippen LogP contribution < -0.4 is 0 Å². The zero-order valence-corrected chi connectivity index (χ0v) is 8.79. The van der Waals surface area contributed by atoms with Crippen LogP contribution >= 0.6 is 11.6 Å². The maximum atomic E-state index is 11.4. The van der Waals surface area contributed by atoms with Crippen molar-refractivity contribution in [3.8, 4) is 0 Å². The lowest BCUT2D eigenvalue weighted by Crippen LogP contribution is -1.99. The lowest BCUT2D eigenvalue weighted by atomic mass is 10.1. The average molecular weight is 210 g/mol. The van der Waals surface area contributed by atoms with E-state index in [9.17, 15) is 4.79 Å². The number of rotatable bonds is 4. The molecule has 0 unspecified atom stereocenters. The van der Waals surface area contributed by atoms with E-state index in [1.807, 2.05) is 13.0 Å². The Hall–Kier alpha value is -1.15. The molecular weight excluding hydrogens is 198 g/mol. The molecule has 0 saturated carbocycles. The first kappa shape index (κ1) is 10.9. The fourth-order valence-electron chi connectivity index (χ4n) is 1.04. The molecule has 3 heteroatoms. The predicted molar refractivity (Wildman–Crippen MR) is 57.4 cm³/mol. The highest BCUT2D eigenvalue weighted by molar-refractivity contribution is 6.31. The Morgan fingerprint density at radius 1 is 1.64 bits per heavy atom. The molecule has 0 aliphatic rings. The van der Waals surface area contributed by atoms with Gasteiger partial charge in [0.2, 0.25) is 0 Å². The van der Waals surface area contributed by atoms with Crippen LogP contribution in [0.4, 0.5) is 0 Å². The van der Waals surface area contributed by atoms with Crippen LogP contribution in [0.25, 0.3) is 0 Å². The van der Waals surface area contributed by atoms with E-state index in [4.69, 9.17) is 11.6 Å². The van der Waals surface area contributed by atoms with Gasteiger partial charge >= 0.3 is 0 Å². The second kappa shape index (κ2) is 5.55. The van der Waals surface area contributed by atoms with Gasteiger partial charge < -0.3 is 0 Å². The molecule has 1 heterocycles. The third kappa shape index (κ3) is 3.30. The summed E-state index contributed by atoms with van der Waals surface area (Å²) in [4.78, 5) is 15.2. The molecule has 14 heavy (non-hydrogen) atoms. The Bertz CT molecular complexity index is 347. The average Bonchev–Trinajstić information content (AvgIpc) is 2.18. The molecule has 0 bridgehead atoms. The van der Waals surface area contributed by atoms with E-state index in [1.165, 1.54) is 0 Å². The van der Waals surface area contributed by atoms with Crippen LogP contribution in [0.15, 0.2) is 30.6 Å². The van der Waals surface area contributed by atoms with Gasteiger partial charge in [0.25, 0.3) is 0 Å². The SMILES string of the molecule is CC/C=C/C(=O)Cc1ccncc1Cl. The van der Waals surface area contributed by atoms with E-state index in [0.29, 0.717) is 11.4 Å². The second-order valence-corrected chi connectivity index (χ2v) is 3.33. The van der Waals surface area contributed by atoms with Gasteiger partial charge in [-0.05, 0) is 24.1 Å². The molecular formula is C11H12ClNO. The second-order valence-electron chi connectivity index (χ2n) is 2.92. The fraction of sp³-hybridized carbons (Fsp3) is 0.273.